The van der Waals surface area contributed by atoms with Crippen LogP contribution in [0.1, 0.15) is 12.8 Å². The van der Waals surface area contributed by atoms with E-state index < -0.39 is 0 Å². The average molecular weight is 258 g/mol. The van der Waals surface area contributed by atoms with Crippen molar-refractivity contribution in [2.75, 3.05) is 32.2 Å². The molecular weight excluding hydrogens is 242 g/mol. The second kappa shape index (κ2) is 5.40. The Morgan fingerprint density at radius 3 is 2.18 bits per heavy atom. The molecule has 94 valence electrons. The zero-order valence-corrected chi connectivity index (χ0v) is 10.8. The first-order valence-electron chi connectivity index (χ1n) is 5.59. The highest BCUT2D eigenvalue weighted by Crippen LogP contribution is 2.24. The lowest BCUT2D eigenvalue weighted by Crippen LogP contribution is -2.35. The topological polar surface area (TPSA) is 47.5 Å². The maximum Gasteiger partial charge on any atom is 0.231 e. The van der Waals surface area contributed by atoms with Gasteiger partial charge in [-0.3, -0.25) is 0 Å². The maximum absolute atomic E-state index is 6.07. The summed E-state index contributed by atoms with van der Waals surface area (Å²) in [5.74, 6) is 1.67. The van der Waals surface area contributed by atoms with Gasteiger partial charge in [0.15, 0.2) is 0 Å². The normalized spacial score (nSPS) is 17.0. The first-order valence-corrected chi connectivity index (χ1v) is 6.02. The standard InChI is InChI=1S/C11H16ClN3O2/c1-16-9-7-10(17-2)14-11(13-9)15-5-3-8(12)4-6-15/h7-8H,3-6H2,1-2H3. The van der Waals surface area contributed by atoms with E-state index in [1.807, 2.05) is 0 Å². The summed E-state index contributed by atoms with van der Waals surface area (Å²) >= 11 is 6.07. The van der Waals surface area contributed by atoms with Crippen molar-refractivity contribution < 1.29 is 9.47 Å². The number of nitrogens with zero attached hydrogens (tertiary/aromatic N) is 3. The Morgan fingerprint density at radius 1 is 1.18 bits per heavy atom. The van der Waals surface area contributed by atoms with Crippen LogP contribution in [-0.2, 0) is 0 Å². The number of anilines is 1. The summed E-state index contributed by atoms with van der Waals surface area (Å²) in [5.41, 5.74) is 0. The minimum absolute atomic E-state index is 0.263. The van der Waals surface area contributed by atoms with E-state index in [-0.39, 0.29) is 5.38 Å². The van der Waals surface area contributed by atoms with E-state index in [2.05, 4.69) is 14.9 Å². The van der Waals surface area contributed by atoms with Gasteiger partial charge >= 0.3 is 0 Å². The van der Waals surface area contributed by atoms with Gasteiger partial charge in [-0.15, -0.1) is 11.6 Å². The molecular formula is C11H16ClN3O2. The third-order valence-corrected chi connectivity index (χ3v) is 3.23. The second-order valence-corrected chi connectivity index (χ2v) is 4.53. The highest BCUT2D eigenvalue weighted by molar-refractivity contribution is 6.20. The summed E-state index contributed by atoms with van der Waals surface area (Å²) in [6.45, 7) is 1.73. The van der Waals surface area contributed by atoms with E-state index in [9.17, 15) is 0 Å². The number of halogens is 1. The van der Waals surface area contributed by atoms with Crippen LogP contribution in [0.3, 0.4) is 0 Å². The molecule has 1 aromatic rings. The molecule has 1 aliphatic rings. The molecule has 0 aromatic carbocycles. The van der Waals surface area contributed by atoms with E-state index in [1.54, 1.807) is 20.3 Å². The number of methoxy groups -OCH3 is 2. The zero-order valence-electron chi connectivity index (χ0n) is 10.0. The van der Waals surface area contributed by atoms with Crippen LogP contribution in [0.5, 0.6) is 11.8 Å². The predicted molar refractivity (Wildman–Crippen MR) is 66.2 cm³/mol. The third-order valence-electron chi connectivity index (χ3n) is 2.79. The molecule has 2 rings (SSSR count). The number of rotatable bonds is 3. The lowest BCUT2D eigenvalue weighted by atomic mass is 10.1. The summed E-state index contributed by atoms with van der Waals surface area (Å²) in [6, 6.07) is 1.66. The smallest absolute Gasteiger partial charge is 0.231 e. The Balaban J connectivity index is 2.19. The molecule has 17 heavy (non-hydrogen) atoms. The fourth-order valence-electron chi connectivity index (χ4n) is 1.79. The fourth-order valence-corrected chi connectivity index (χ4v) is 1.99. The monoisotopic (exact) mass is 257 g/mol. The minimum atomic E-state index is 0.263. The largest absolute Gasteiger partial charge is 0.481 e. The van der Waals surface area contributed by atoms with Crippen molar-refractivity contribution in [1.29, 1.82) is 0 Å². The van der Waals surface area contributed by atoms with Gasteiger partial charge in [-0.1, -0.05) is 0 Å². The lowest BCUT2D eigenvalue weighted by molar-refractivity contribution is 0.371. The first kappa shape index (κ1) is 12.2. The molecule has 0 saturated carbocycles. The molecule has 0 atom stereocenters. The van der Waals surface area contributed by atoms with Crippen LogP contribution >= 0.6 is 11.6 Å². The van der Waals surface area contributed by atoms with Crippen molar-refractivity contribution in [3.05, 3.63) is 6.07 Å². The van der Waals surface area contributed by atoms with E-state index in [0.717, 1.165) is 25.9 Å². The van der Waals surface area contributed by atoms with Gasteiger partial charge in [-0.05, 0) is 12.8 Å². The molecule has 1 aliphatic heterocycles. The summed E-state index contributed by atoms with van der Waals surface area (Å²) in [7, 11) is 3.16. The Hall–Kier alpha value is -1.23. The quantitative estimate of drug-likeness (QED) is 0.772. The van der Waals surface area contributed by atoms with Gasteiger partial charge < -0.3 is 14.4 Å². The molecule has 1 saturated heterocycles. The van der Waals surface area contributed by atoms with Crippen LogP contribution in [0.2, 0.25) is 0 Å². The van der Waals surface area contributed by atoms with Gasteiger partial charge in [-0.25, -0.2) is 0 Å². The van der Waals surface area contributed by atoms with Gasteiger partial charge in [0.05, 0.1) is 20.3 Å². The molecule has 0 spiro atoms. The van der Waals surface area contributed by atoms with Gasteiger partial charge in [0.1, 0.15) is 0 Å². The zero-order chi connectivity index (χ0) is 12.3. The molecule has 5 nitrogen and oxygen atoms in total. The first-order chi connectivity index (χ1) is 8.22. The molecule has 1 aromatic heterocycles. The minimum Gasteiger partial charge on any atom is -0.481 e. The van der Waals surface area contributed by atoms with Crippen molar-refractivity contribution in [1.82, 2.24) is 9.97 Å². The highest BCUT2D eigenvalue weighted by atomic mass is 35.5. The van der Waals surface area contributed by atoms with E-state index >= 15 is 0 Å². The average Bonchev–Trinajstić information content (AvgIpc) is 2.39. The van der Waals surface area contributed by atoms with Crippen molar-refractivity contribution in [3.8, 4) is 11.8 Å². The second-order valence-electron chi connectivity index (χ2n) is 3.91. The summed E-state index contributed by atoms with van der Waals surface area (Å²) in [5, 5.41) is 0.263. The molecule has 0 aliphatic carbocycles. The Bertz CT molecular complexity index is 359. The van der Waals surface area contributed by atoms with E-state index in [0.29, 0.717) is 17.7 Å². The van der Waals surface area contributed by atoms with Crippen LogP contribution in [0.15, 0.2) is 6.07 Å². The van der Waals surface area contributed by atoms with E-state index in [1.165, 1.54) is 0 Å². The van der Waals surface area contributed by atoms with Crippen LogP contribution in [0, 0.1) is 0 Å². The van der Waals surface area contributed by atoms with Crippen LogP contribution < -0.4 is 14.4 Å². The molecule has 6 heteroatoms. The molecule has 0 amide bonds. The molecule has 0 bridgehead atoms. The molecule has 0 radical (unpaired) electrons. The lowest BCUT2D eigenvalue weighted by Gasteiger charge is -2.29. The van der Waals surface area contributed by atoms with Crippen molar-refractivity contribution in [2.24, 2.45) is 0 Å². The Labute approximate surface area is 106 Å². The van der Waals surface area contributed by atoms with Crippen LogP contribution in [0.25, 0.3) is 0 Å². The van der Waals surface area contributed by atoms with Gasteiger partial charge in [0, 0.05) is 18.5 Å². The predicted octanol–water partition coefficient (Wildman–Crippen LogP) is 1.70. The molecule has 0 N–H and O–H groups in total. The Morgan fingerprint density at radius 2 is 1.71 bits per heavy atom. The SMILES string of the molecule is COc1cc(OC)nc(N2CCC(Cl)CC2)n1. The summed E-state index contributed by atoms with van der Waals surface area (Å²) in [4.78, 5) is 10.7. The maximum atomic E-state index is 6.07. The van der Waals surface area contributed by atoms with Gasteiger partial charge in [-0.2, -0.15) is 9.97 Å². The van der Waals surface area contributed by atoms with Crippen LogP contribution in [0.4, 0.5) is 5.95 Å². The van der Waals surface area contributed by atoms with Crippen LogP contribution in [-0.4, -0.2) is 42.7 Å². The summed E-state index contributed by atoms with van der Waals surface area (Å²) in [6.07, 6.45) is 1.90. The number of ether oxygens (including phenoxy) is 2. The van der Waals surface area contributed by atoms with Gasteiger partial charge in [0.25, 0.3) is 0 Å². The number of hydrogen-bond donors (Lipinski definition) is 0. The number of hydrogen-bond acceptors (Lipinski definition) is 5. The third kappa shape index (κ3) is 2.91. The van der Waals surface area contributed by atoms with E-state index in [4.69, 9.17) is 21.1 Å². The number of piperidine rings is 1. The Kier molecular flexibility index (Phi) is 3.89. The highest BCUT2D eigenvalue weighted by Gasteiger charge is 2.20. The molecule has 1 fully saturated rings. The molecule has 2 heterocycles. The van der Waals surface area contributed by atoms with Gasteiger partial charge in [0.2, 0.25) is 17.7 Å². The fraction of sp³-hybridized carbons (Fsp3) is 0.636. The number of aromatic nitrogens is 2. The summed E-state index contributed by atoms with van der Waals surface area (Å²) < 4.78 is 10.3. The number of alkyl halides is 1. The van der Waals surface area contributed by atoms with Crippen molar-refractivity contribution >= 4 is 17.5 Å². The van der Waals surface area contributed by atoms with Crippen molar-refractivity contribution in [3.63, 3.8) is 0 Å². The van der Waals surface area contributed by atoms with Crippen molar-refractivity contribution in [2.45, 2.75) is 18.2 Å². The molecule has 0 unspecified atom stereocenters.